The molecule has 0 unspecified atom stereocenters. The first-order chi connectivity index (χ1) is 8.70. The summed E-state index contributed by atoms with van der Waals surface area (Å²) in [5.74, 6) is 0.123. The zero-order valence-corrected chi connectivity index (χ0v) is 11.5. The van der Waals surface area contributed by atoms with Gasteiger partial charge in [-0.2, -0.15) is 0 Å². The maximum atomic E-state index is 12.2. The Labute approximate surface area is 111 Å². The quantitative estimate of drug-likeness (QED) is 0.775. The highest BCUT2D eigenvalue weighted by Crippen LogP contribution is 2.16. The summed E-state index contributed by atoms with van der Waals surface area (Å²) in [6, 6.07) is 8.06. The minimum absolute atomic E-state index is 0.123. The summed E-state index contributed by atoms with van der Waals surface area (Å²) in [5, 5.41) is 4.03. The van der Waals surface area contributed by atoms with E-state index in [1.54, 1.807) is 0 Å². The van der Waals surface area contributed by atoms with Gasteiger partial charge in [-0.05, 0) is 30.4 Å². The molecule has 0 N–H and O–H groups in total. The van der Waals surface area contributed by atoms with Crippen LogP contribution in [0.2, 0.25) is 0 Å². The van der Waals surface area contributed by atoms with E-state index in [2.05, 4.69) is 16.5 Å². The SMILES string of the molecule is CCCc1nnsc1C(=O)Cc1ccc(C)cc1. The third-order valence-corrected chi connectivity index (χ3v) is 3.59. The average Bonchev–Trinajstić information content (AvgIpc) is 2.81. The highest BCUT2D eigenvalue weighted by molar-refractivity contribution is 7.08. The van der Waals surface area contributed by atoms with Crippen molar-refractivity contribution in [1.82, 2.24) is 9.59 Å². The van der Waals surface area contributed by atoms with Crippen LogP contribution >= 0.6 is 11.5 Å². The lowest BCUT2D eigenvalue weighted by Gasteiger charge is -2.01. The molecule has 0 atom stereocenters. The van der Waals surface area contributed by atoms with Crippen LogP contribution in [0.3, 0.4) is 0 Å². The Hall–Kier alpha value is -1.55. The minimum Gasteiger partial charge on any atom is -0.293 e. The van der Waals surface area contributed by atoms with Crippen molar-refractivity contribution in [3.05, 3.63) is 46.0 Å². The molecule has 3 nitrogen and oxygen atoms in total. The number of ketones is 1. The van der Waals surface area contributed by atoms with Crippen molar-refractivity contribution in [3.63, 3.8) is 0 Å². The van der Waals surface area contributed by atoms with Crippen LogP contribution in [0.4, 0.5) is 0 Å². The summed E-state index contributed by atoms with van der Waals surface area (Å²) in [6.45, 7) is 4.12. The highest BCUT2D eigenvalue weighted by Gasteiger charge is 2.15. The second-order valence-electron chi connectivity index (χ2n) is 4.38. The number of aromatic nitrogens is 2. The minimum atomic E-state index is 0.123. The maximum absolute atomic E-state index is 12.2. The van der Waals surface area contributed by atoms with Crippen LogP contribution < -0.4 is 0 Å². The fourth-order valence-electron chi connectivity index (χ4n) is 1.79. The molecular weight excluding hydrogens is 244 g/mol. The van der Waals surface area contributed by atoms with E-state index in [1.165, 1.54) is 17.1 Å². The summed E-state index contributed by atoms with van der Waals surface area (Å²) < 4.78 is 3.89. The van der Waals surface area contributed by atoms with Crippen molar-refractivity contribution < 1.29 is 4.79 Å². The summed E-state index contributed by atoms with van der Waals surface area (Å²) in [4.78, 5) is 12.9. The third kappa shape index (κ3) is 3.01. The normalized spacial score (nSPS) is 10.6. The van der Waals surface area contributed by atoms with Crippen molar-refractivity contribution in [2.45, 2.75) is 33.1 Å². The molecule has 1 aromatic heterocycles. The number of carbonyl (C=O) groups excluding carboxylic acids is 1. The molecule has 0 amide bonds. The molecule has 0 radical (unpaired) electrons. The molecule has 0 saturated carbocycles. The van der Waals surface area contributed by atoms with Crippen molar-refractivity contribution in [1.29, 1.82) is 0 Å². The Bertz CT molecular complexity index is 531. The van der Waals surface area contributed by atoms with E-state index >= 15 is 0 Å². The molecule has 2 aromatic rings. The molecule has 1 aromatic carbocycles. The highest BCUT2D eigenvalue weighted by atomic mass is 32.1. The van der Waals surface area contributed by atoms with Gasteiger partial charge in [0.15, 0.2) is 5.78 Å². The largest absolute Gasteiger partial charge is 0.293 e. The predicted molar refractivity (Wildman–Crippen MR) is 73.1 cm³/mol. The number of carbonyl (C=O) groups is 1. The van der Waals surface area contributed by atoms with Gasteiger partial charge in [0.25, 0.3) is 0 Å². The van der Waals surface area contributed by atoms with Crippen molar-refractivity contribution >= 4 is 17.3 Å². The van der Waals surface area contributed by atoms with Crippen LogP contribution in [-0.2, 0) is 12.8 Å². The van der Waals surface area contributed by atoms with E-state index in [0.717, 1.165) is 29.0 Å². The summed E-state index contributed by atoms with van der Waals surface area (Å²) in [7, 11) is 0. The van der Waals surface area contributed by atoms with Crippen LogP contribution in [0.1, 0.15) is 39.8 Å². The first kappa shape index (κ1) is 12.9. The van der Waals surface area contributed by atoms with Gasteiger partial charge < -0.3 is 0 Å². The molecule has 0 fully saturated rings. The lowest BCUT2D eigenvalue weighted by Crippen LogP contribution is -2.04. The first-order valence-electron chi connectivity index (χ1n) is 6.10. The Morgan fingerprint density at radius 3 is 2.67 bits per heavy atom. The van der Waals surface area contributed by atoms with E-state index < -0.39 is 0 Å². The van der Waals surface area contributed by atoms with Gasteiger partial charge in [-0.15, -0.1) is 5.10 Å². The average molecular weight is 260 g/mol. The number of rotatable bonds is 5. The number of hydrogen-bond donors (Lipinski definition) is 0. The zero-order valence-electron chi connectivity index (χ0n) is 10.6. The molecule has 0 saturated heterocycles. The van der Waals surface area contributed by atoms with E-state index in [1.807, 2.05) is 31.2 Å². The van der Waals surface area contributed by atoms with E-state index in [0.29, 0.717) is 6.42 Å². The molecule has 1 heterocycles. The van der Waals surface area contributed by atoms with Crippen molar-refractivity contribution in [3.8, 4) is 0 Å². The van der Waals surface area contributed by atoms with Gasteiger partial charge in [0.2, 0.25) is 0 Å². The number of Topliss-reactive ketones (excluding diaryl/α,β-unsaturated/α-hetero) is 1. The summed E-state index contributed by atoms with van der Waals surface area (Å²) >= 11 is 1.21. The second kappa shape index (κ2) is 5.87. The monoisotopic (exact) mass is 260 g/mol. The van der Waals surface area contributed by atoms with Crippen LogP contribution in [0.5, 0.6) is 0 Å². The Balaban J connectivity index is 2.11. The molecule has 0 aliphatic heterocycles. The van der Waals surface area contributed by atoms with Gasteiger partial charge in [-0.1, -0.05) is 47.7 Å². The topological polar surface area (TPSA) is 42.9 Å². The van der Waals surface area contributed by atoms with E-state index in [-0.39, 0.29) is 5.78 Å². The molecular formula is C14H16N2OS. The first-order valence-corrected chi connectivity index (χ1v) is 6.88. The fourth-order valence-corrected chi connectivity index (χ4v) is 2.44. The number of nitrogens with zero attached hydrogens (tertiary/aromatic N) is 2. The summed E-state index contributed by atoms with van der Waals surface area (Å²) in [6.07, 6.45) is 2.24. The lowest BCUT2D eigenvalue weighted by atomic mass is 10.0. The van der Waals surface area contributed by atoms with Gasteiger partial charge >= 0.3 is 0 Å². The van der Waals surface area contributed by atoms with E-state index in [4.69, 9.17) is 0 Å². The lowest BCUT2D eigenvalue weighted by molar-refractivity contribution is 0.0995. The van der Waals surface area contributed by atoms with Crippen molar-refractivity contribution in [2.75, 3.05) is 0 Å². The third-order valence-electron chi connectivity index (χ3n) is 2.78. The molecule has 0 spiro atoms. The van der Waals surface area contributed by atoms with Crippen LogP contribution in [-0.4, -0.2) is 15.4 Å². The van der Waals surface area contributed by atoms with Gasteiger partial charge in [0.1, 0.15) is 4.88 Å². The zero-order chi connectivity index (χ0) is 13.0. The fraction of sp³-hybridized carbons (Fsp3) is 0.357. The number of aryl methyl sites for hydroxylation is 2. The standard InChI is InChI=1S/C14H16N2OS/c1-3-4-12-14(18-16-15-12)13(17)9-11-7-5-10(2)6-8-11/h5-8H,3-4,9H2,1-2H3. The molecule has 0 bridgehead atoms. The predicted octanol–water partition coefficient (Wildman–Crippen LogP) is 3.22. The van der Waals surface area contributed by atoms with Crippen LogP contribution in [0, 0.1) is 6.92 Å². The number of benzene rings is 1. The Morgan fingerprint density at radius 2 is 2.00 bits per heavy atom. The molecule has 4 heteroatoms. The molecule has 2 rings (SSSR count). The number of hydrogen-bond acceptors (Lipinski definition) is 4. The van der Waals surface area contributed by atoms with Gasteiger partial charge in [0, 0.05) is 6.42 Å². The van der Waals surface area contributed by atoms with Gasteiger partial charge in [-0.3, -0.25) is 4.79 Å². The van der Waals surface area contributed by atoms with Gasteiger partial charge in [0.05, 0.1) is 5.69 Å². The summed E-state index contributed by atoms with van der Waals surface area (Å²) in [5.41, 5.74) is 3.10. The smallest absolute Gasteiger partial charge is 0.180 e. The van der Waals surface area contributed by atoms with Crippen molar-refractivity contribution in [2.24, 2.45) is 0 Å². The molecule has 94 valence electrons. The van der Waals surface area contributed by atoms with Crippen LogP contribution in [0.25, 0.3) is 0 Å². The molecule has 0 aliphatic carbocycles. The Kier molecular flexibility index (Phi) is 4.20. The van der Waals surface area contributed by atoms with E-state index in [9.17, 15) is 4.79 Å². The molecule has 18 heavy (non-hydrogen) atoms. The van der Waals surface area contributed by atoms with Gasteiger partial charge in [-0.25, -0.2) is 0 Å². The second-order valence-corrected chi connectivity index (χ2v) is 5.14. The maximum Gasteiger partial charge on any atom is 0.180 e. The molecule has 0 aliphatic rings. The Morgan fingerprint density at radius 1 is 1.28 bits per heavy atom. The van der Waals surface area contributed by atoms with Crippen LogP contribution in [0.15, 0.2) is 24.3 Å².